The van der Waals surface area contributed by atoms with Crippen molar-refractivity contribution in [2.75, 3.05) is 25.6 Å². The molecule has 0 aromatic heterocycles. The minimum atomic E-state index is -0.219. The molecule has 120 valence electrons. The largest absolute Gasteiger partial charge is 0.491 e. The third kappa shape index (κ3) is 4.93. The smallest absolute Gasteiger partial charge is 0.255 e. The summed E-state index contributed by atoms with van der Waals surface area (Å²) < 4.78 is 10.4. The van der Waals surface area contributed by atoms with Crippen molar-refractivity contribution in [3.63, 3.8) is 0 Å². The molecule has 2 rings (SSSR count). The molecule has 0 atom stereocenters. The van der Waals surface area contributed by atoms with Gasteiger partial charge in [0.2, 0.25) is 0 Å². The van der Waals surface area contributed by atoms with Gasteiger partial charge in [0.25, 0.3) is 5.91 Å². The average Bonchev–Trinajstić information content (AvgIpc) is 2.56. The average molecular weight is 313 g/mol. The molecule has 0 fully saturated rings. The number of hydrogen-bond acceptors (Lipinski definition) is 4. The molecule has 0 saturated heterocycles. The number of Topliss-reactive ketones (excluding diaryl/α,β-unsaturated/α-hetero) is 1. The van der Waals surface area contributed by atoms with Crippen LogP contribution in [-0.2, 0) is 4.74 Å². The summed E-state index contributed by atoms with van der Waals surface area (Å²) in [7, 11) is 1.61. The number of anilines is 1. The summed E-state index contributed by atoms with van der Waals surface area (Å²) in [4.78, 5) is 23.4. The summed E-state index contributed by atoms with van der Waals surface area (Å²) in [5, 5.41) is 2.79. The van der Waals surface area contributed by atoms with Crippen LogP contribution >= 0.6 is 0 Å². The maximum atomic E-state index is 12.2. The molecule has 0 aliphatic rings. The fraction of sp³-hybridized carbons (Fsp3) is 0.222. The number of rotatable bonds is 7. The highest BCUT2D eigenvalue weighted by Crippen LogP contribution is 2.15. The van der Waals surface area contributed by atoms with Crippen LogP contribution in [0.1, 0.15) is 27.6 Å². The van der Waals surface area contributed by atoms with Gasteiger partial charge in [-0.05, 0) is 55.5 Å². The molecule has 23 heavy (non-hydrogen) atoms. The highest BCUT2D eigenvalue weighted by Gasteiger charge is 2.07. The number of hydrogen-bond donors (Lipinski definition) is 1. The van der Waals surface area contributed by atoms with Gasteiger partial charge in [0.1, 0.15) is 12.4 Å². The maximum absolute atomic E-state index is 12.2. The quantitative estimate of drug-likeness (QED) is 0.630. The summed E-state index contributed by atoms with van der Waals surface area (Å²) in [5.41, 5.74) is 1.78. The number of methoxy groups -OCH3 is 1. The van der Waals surface area contributed by atoms with Gasteiger partial charge in [-0.15, -0.1) is 0 Å². The number of carbonyl (C=O) groups excluding carboxylic acids is 2. The molecule has 0 saturated carbocycles. The van der Waals surface area contributed by atoms with Crippen molar-refractivity contribution >= 4 is 17.4 Å². The Hall–Kier alpha value is -2.66. The van der Waals surface area contributed by atoms with Crippen LogP contribution in [0.5, 0.6) is 5.75 Å². The summed E-state index contributed by atoms with van der Waals surface area (Å²) in [6, 6.07) is 13.7. The summed E-state index contributed by atoms with van der Waals surface area (Å²) >= 11 is 0. The van der Waals surface area contributed by atoms with E-state index in [-0.39, 0.29) is 11.7 Å². The van der Waals surface area contributed by atoms with Crippen LogP contribution in [0.15, 0.2) is 48.5 Å². The summed E-state index contributed by atoms with van der Waals surface area (Å²) in [5.74, 6) is 0.459. The second-order valence-electron chi connectivity index (χ2n) is 4.95. The second kappa shape index (κ2) is 8.10. The fourth-order valence-electron chi connectivity index (χ4n) is 1.94. The number of nitrogens with one attached hydrogen (secondary N) is 1. The lowest BCUT2D eigenvalue weighted by Crippen LogP contribution is -2.12. The topological polar surface area (TPSA) is 64.6 Å². The van der Waals surface area contributed by atoms with E-state index in [2.05, 4.69) is 5.32 Å². The third-order valence-corrected chi connectivity index (χ3v) is 3.22. The van der Waals surface area contributed by atoms with Crippen LogP contribution in [0.3, 0.4) is 0 Å². The SMILES string of the molecule is COCCOc1ccc(C(=O)Nc2ccc(C(C)=O)cc2)cc1. The molecule has 0 unspecified atom stereocenters. The number of amides is 1. The Morgan fingerprint density at radius 1 is 0.913 bits per heavy atom. The Balaban J connectivity index is 1.96. The fourth-order valence-corrected chi connectivity index (χ4v) is 1.94. The van der Waals surface area contributed by atoms with Crippen LogP contribution in [0, 0.1) is 0 Å². The van der Waals surface area contributed by atoms with Crippen LogP contribution < -0.4 is 10.1 Å². The van der Waals surface area contributed by atoms with E-state index in [9.17, 15) is 9.59 Å². The molecular weight excluding hydrogens is 294 g/mol. The molecule has 1 N–H and O–H groups in total. The number of carbonyl (C=O) groups is 2. The number of ketones is 1. The molecule has 0 spiro atoms. The molecule has 0 aliphatic heterocycles. The molecule has 0 aliphatic carbocycles. The predicted molar refractivity (Wildman–Crippen MR) is 88.2 cm³/mol. The number of ether oxygens (including phenoxy) is 2. The zero-order valence-electron chi connectivity index (χ0n) is 13.2. The van der Waals surface area contributed by atoms with Gasteiger partial charge < -0.3 is 14.8 Å². The van der Waals surface area contributed by atoms with Gasteiger partial charge in [-0.3, -0.25) is 9.59 Å². The lowest BCUT2D eigenvalue weighted by Gasteiger charge is -2.08. The third-order valence-electron chi connectivity index (χ3n) is 3.22. The van der Waals surface area contributed by atoms with E-state index in [0.29, 0.717) is 35.8 Å². The van der Waals surface area contributed by atoms with Crippen molar-refractivity contribution in [1.82, 2.24) is 0 Å². The zero-order valence-corrected chi connectivity index (χ0v) is 13.2. The summed E-state index contributed by atoms with van der Waals surface area (Å²) in [6.45, 7) is 2.48. The van der Waals surface area contributed by atoms with E-state index in [0.717, 1.165) is 0 Å². The zero-order chi connectivity index (χ0) is 16.7. The standard InChI is InChI=1S/C18H19NO4/c1-13(20)14-3-7-16(8-4-14)19-18(21)15-5-9-17(10-6-15)23-12-11-22-2/h3-10H,11-12H2,1-2H3,(H,19,21). The van der Waals surface area contributed by atoms with E-state index in [1.807, 2.05) is 0 Å². The van der Waals surface area contributed by atoms with Crippen LogP contribution in [0.4, 0.5) is 5.69 Å². The second-order valence-corrected chi connectivity index (χ2v) is 4.95. The molecule has 2 aromatic rings. The van der Waals surface area contributed by atoms with Gasteiger partial charge in [0.05, 0.1) is 6.61 Å². The predicted octanol–water partition coefficient (Wildman–Crippen LogP) is 3.17. The first-order valence-electron chi connectivity index (χ1n) is 7.24. The molecule has 1 amide bonds. The van der Waals surface area contributed by atoms with E-state index in [1.54, 1.807) is 55.6 Å². The van der Waals surface area contributed by atoms with Crippen molar-refractivity contribution in [2.45, 2.75) is 6.92 Å². The Kier molecular flexibility index (Phi) is 5.88. The first kappa shape index (κ1) is 16.7. The minimum Gasteiger partial charge on any atom is -0.491 e. The van der Waals surface area contributed by atoms with Gasteiger partial charge >= 0.3 is 0 Å². The normalized spacial score (nSPS) is 10.2. The van der Waals surface area contributed by atoms with E-state index in [1.165, 1.54) is 6.92 Å². The Labute approximate surface area is 135 Å². The highest BCUT2D eigenvalue weighted by atomic mass is 16.5. The van der Waals surface area contributed by atoms with E-state index in [4.69, 9.17) is 9.47 Å². The van der Waals surface area contributed by atoms with Gasteiger partial charge in [0.15, 0.2) is 5.78 Å². The lowest BCUT2D eigenvalue weighted by atomic mass is 10.1. The monoisotopic (exact) mass is 313 g/mol. The van der Waals surface area contributed by atoms with Gasteiger partial charge in [0, 0.05) is 23.9 Å². The first-order chi connectivity index (χ1) is 11.1. The molecular formula is C18H19NO4. The molecule has 0 radical (unpaired) electrons. The van der Waals surface area contributed by atoms with Crippen LogP contribution in [0.2, 0.25) is 0 Å². The van der Waals surface area contributed by atoms with Gasteiger partial charge in [-0.2, -0.15) is 0 Å². The summed E-state index contributed by atoms with van der Waals surface area (Å²) in [6.07, 6.45) is 0. The van der Waals surface area contributed by atoms with Crippen molar-refractivity contribution in [1.29, 1.82) is 0 Å². The molecule has 2 aromatic carbocycles. The Morgan fingerprint density at radius 2 is 1.52 bits per heavy atom. The van der Waals surface area contributed by atoms with Gasteiger partial charge in [-0.25, -0.2) is 0 Å². The van der Waals surface area contributed by atoms with Crippen LogP contribution in [0.25, 0.3) is 0 Å². The minimum absolute atomic E-state index is 0.00746. The number of benzene rings is 2. The van der Waals surface area contributed by atoms with Crippen molar-refractivity contribution in [2.24, 2.45) is 0 Å². The maximum Gasteiger partial charge on any atom is 0.255 e. The molecule has 5 heteroatoms. The van der Waals surface area contributed by atoms with Crippen molar-refractivity contribution < 1.29 is 19.1 Å². The van der Waals surface area contributed by atoms with Crippen molar-refractivity contribution in [3.05, 3.63) is 59.7 Å². The van der Waals surface area contributed by atoms with Gasteiger partial charge in [-0.1, -0.05) is 0 Å². The van der Waals surface area contributed by atoms with Crippen molar-refractivity contribution in [3.8, 4) is 5.75 Å². The molecule has 5 nitrogen and oxygen atoms in total. The Bertz CT molecular complexity index is 662. The molecule has 0 heterocycles. The molecule has 0 bridgehead atoms. The van der Waals surface area contributed by atoms with Crippen LogP contribution in [-0.4, -0.2) is 32.0 Å². The van der Waals surface area contributed by atoms with E-state index < -0.39 is 0 Å². The Morgan fingerprint density at radius 3 is 2.09 bits per heavy atom. The van der Waals surface area contributed by atoms with E-state index >= 15 is 0 Å². The highest BCUT2D eigenvalue weighted by molar-refractivity contribution is 6.04. The first-order valence-corrected chi connectivity index (χ1v) is 7.24. The lowest BCUT2D eigenvalue weighted by molar-refractivity contribution is 0.101.